The molecule has 0 radical (unpaired) electrons. The molecular weight excluding hydrogens is 248 g/mol. The number of hydrogen-bond acceptors (Lipinski definition) is 2. The van der Waals surface area contributed by atoms with E-state index in [9.17, 15) is 10.2 Å². The fraction of sp³-hybridized carbons (Fsp3) is 1.00. The van der Waals surface area contributed by atoms with Crippen molar-refractivity contribution in [3.8, 4) is 0 Å². The molecule has 0 spiro atoms. The van der Waals surface area contributed by atoms with Crippen molar-refractivity contribution in [1.82, 2.24) is 0 Å². The highest BCUT2D eigenvalue weighted by Gasteiger charge is 2.33. The summed E-state index contributed by atoms with van der Waals surface area (Å²) < 4.78 is 0. The lowest BCUT2D eigenvalue weighted by Crippen LogP contribution is -2.34. The zero-order chi connectivity index (χ0) is 14.7. The van der Waals surface area contributed by atoms with Crippen LogP contribution in [0.1, 0.15) is 72.1 Å². The van der Waals surface area contributed by atoms with E-state index in [1.807, 2.05) is 0 Å². The van der Waals surface area contributed by atoms with E-state index in [0.717, 1.165) is 37.0 Å². The van der Waals surface area contributed by atoms with Crippen LogP contribution in [0.2, 0.25) is 0 Å². The van der Waals surface area contributed by atoms with Gasteiger partial charge < -0.3 is 10.2 Å². The summed E-state index contributed by atoms with van der Waals surface area (Å²) in [5.74, 6) is 3.55. The first-order valence-corrected chi connectivity index (χ1v) is 8.83. The quantitative estimate of drug-likeness (QED) is 0.818. The molecule has 0 aromatic rings. The topological polar surface area (TPSA) is 40.5 Å². The van der Waals surface area contributed by atoms with Crippen molar-refractivity contribution in [3.05, 3.63) is 0 Å². The molecule has 0 saturated heterocycles. The van der Waals surface area contributed by atoms with Gasteiger partial charge in [0.1, 0.15) is 0 Å². The second-order valence-electron chi connectivity index (χ2n) is 7.93. The predicted octanol–water partition coefficient (Wildman–Crippen LogP) is 4.00. The Morgan fingerprint density at radius 1 is 0.850 bits per heavy atom. The Hall–Kier alpha value is -0.0800. The van der Waals surface area contributed by atoms with Gasteiger partial charge in [-0.2, -0.15) is 0 Å². The van der Waals surface area contributed by atoms with Gasteiger partial charge in [0.05, 0.1) is 12.2 Å². The zero-order valence-corrected chi connectivity index (χ0v) is 13.6. The van der Waals surface area contributed by atoms with E-state index in [0.29, 0.717) is 11.8 Å². The Morgan fingerprint density at radius 3 is 2.05 bits per heavy atom. The van der Waals surface area contributed by atoms with Crippen LogP contribution in [0, 0.1) is 29.6 Å². The van der Waals surface area contributed by atoms with Crippen LogP contribution in [0.4, 0.5) is 0 Å². The molecule has 2 fully saturated rings. The summed E-state index contributed by atoms with van der Waals surface area (Å²) in [6.45, 7) is 7.02. The average molecular weight is 282 g/mol. The molecule has 2 aliphatic carbocycles. The maximum Gasteiger partial charge on any atom is 0.0568 e. The molecule has 0 aromatic carbocycles. The van der Waals surface area contributed by atoms with Crippen LogP contribution in [-0.2, 0) is 0 Å². The van der Waals surface area contributed by atoms with E-state index in [1.165, 1.54) is 32.1 Å². The summed E-state index contributed by atoms with van der Waals surface area (Å²) in [6, 6.07) is 0. The van der Waals surface area contributed by atoms with Crippen molar-refractivity contribution in [2.75, 3.05) is 0 Å². The molecule has 2 heteroatoms. The summed E-state index contributed by atoms with van der Waals surface area (Å²) in [4.78, 5) is 0. The van der Waals surface area contributed by atoms with Gasteiger partial charge in [-0.15, -0.1) is 0 Å². The monoisotopic (exact) mass is 282 g/mol. The standard InChI is InChI=1S/C18H34O2/c1-12(2)15-6-9-18(20)16(11-15)10-13(3)14-4-7-17(19)8-5-14/h12-20H,4-11H2,1-3H3/t13?,14?,15-,16?,17?,18-/m0/s1. The van der Waals surface area contributed by atoms with Crippen molar-refractivity contribution in [1.29, 1.82) is 0 Å². The maximum absolute atomic E-state index is 10.3. The third kappa shape index (κ3) is 4.21. The van der Waals surface area contributed by atoms with Gasteiger partial charge in [0.2, 0.25) is 0 Å². The smallest absolute Gasteiger partial charge is 0.0568 e. The lowest BCUT2D eigenvalue weighted by Gasteiger charge is -2.38. The number of hydrogen-bond donors (Lipinski definition) is 2. The van der Waals surface area contributed by atoms with Crippen molar-refractivity contribution < 1.29 is 10.2 Å². The van der Waals surface area contributed by atoms with Crippen molar-refractivity contribution >= 4 is 0 Å². The van der Waals surface area contributed by atoms with E-state index < -0.39 is 0 Å². The van der Waals surface area contributed by atoms with E-state index in [2.05, 4.69) is 20.8 Å². The molecule has 2 unspecified atom stereocenters. The number of aliphatic hydroxyl groups is 2. The highest BCUT2D eigenvalue weighted by Crippen LogP contribution is 2.40. The highest BCUT2D eigenvalue weighted by molar-refractivity contribution is 4.84. The van der Waals surface area contributed by atoms with Gasteiger partial charge in [0.15, 0.2) is 0 Å². The second-order valence-corrected chi connectivity index (χ2v) is 7.93. The number of aliphatic hydroxyl groups excluding tert-OH is 2. The molecule has 0 amide bonds. The number of rotatable bonds is 4. The Bertz CT molecular complexity index is 281. The molecule has 0 heterocycles. The minimum atomic E-state index is -0.0679. The third-order valence-corrected chi connectivity index (χ3v) is 6.15. The molecule has 2 aliphatic rings. The van der Waals surface area contributed by atoms with Gasteiger partial charge in [-0.1, -0.05) is 20.8 Å². The summed E-state index contributed by atoms with van der Waals surface area (Å²) in [5.41, 5.74) is 0. The Balaban J connectivity index is 1.84. The minimum absolute atomic E-state index is 0.0518. The van der Waals surface area contributed by atoms with E-state index in [-0.39, 0.29) is 12.2 Å². The second kappa shape index (κ2) is 7.26. The molecular formula is C18H34O2. The molecule has 0 aromatic heterocycles. The van der Waals surface area contributed by atoms with Gasteiger partial charge in [-0.05, 0) is 81.0 Å². The van der Waals surface area contributed by atoms with Crippen LogP contribution in [0.15, 0.2) is 0 Å². The molecule has 2 saturated carbocycles. The first-order chi connectivity index (χ1) is 9.47. The van der Waals surface area contributed by atoms with Crippen LogP contribution in [0.3, 0.4) is 0 Å². The third-order valence-electron chi connectivity index (χ3n) is 6.15. The van der Waals surface area contributed by atoms with Crippen molar-refractivity contribution in [3.63, 3.8) is 0 Å². The normalized spacial score (nSPS) is 40.8. The Kier molecular flexibility index (Phi) is 5.92. The van der Waals surface area contributed by atoms with Crippen molar-refractivity contribution in [2.24, 2.45) is 29.6 Å². The SMILES string of the molecule is CC(CC1C[C@@H](C(C)C)CC[C@@H]1O)C1CCC(O)CC1. The van der Waals surface area contributed by atoms with Crippen LogP contribution in [-0.4, -0.2) is 22.4 Å². The Morgan fingerprint density at radius 2 is 1.45 bits per heavy atom. The highest BCUT2D eigenvalue weighted by atomic mass is 16.3. The van der Waals surface area contributed by atoms with Crippen LogP contribution < -0.4 is 0 Å². The Labute approximate surface area is 125 Å². The van der Waals surface area contributed by atoms with E-state index >= 15 is 0 Å². The van der Waals surface area contributed by atoms with Gasteiger partial charge in [-0.3, -0.25) is 0 Å². The summed E-state index contributed by atoms with van der Waals surface area (Å²) in [5, 5.41) is 19.9. The molecule has 4 atom stereocenters. The summed E-state index contributed by atoms with van der Waals surface area (Å²) >= 11 is 0. The lowest BCUT2D eigenvalue weighted by molar-refractivity contribution is 0.0162. The predicted molar refractivity (Wildman–Crippen MR) is 83.4 cm³/mol. The van der Waals surface area contributed by atoms with Crippen LogP contribution in [0.25, 0.3) is 0 Å². The van der Waals surface area contributed by atoms with Crippen LogP contribution >= 0.6 is 0 Å². The average Bonchev–Trinajstić information content (AvgIpc) is 2.41. The maximum atomic E-state index is 10.3. The zero-order valence-electron chi connectivity index (χ0n) is 13.6. The molecule has 118 valence electrons. The molecule has 20 heavy (non-hydrogen) atoms. The van der Waals surface area contributed by atoms with Gasteiger partial charge in [-0.25, -0.2) is 0 Å². The first-order valence-electron chi connectivity index (χ1n) is 8.83. The van der Waals surface area contributed by atoms with Gasteiger partial charge in [0.25, 0.3) is 0 Å². The minimum Gasteiger partial charge on any atom is -0.393 e. The lowest BCUT2D eigenvalue weighted by atomic mass is 9.69. The molecule has 0 bridgehead atoms. The van der Waals surface area contributed by atoms with Gasteiger partial charge >= 0.3 is 0 Å². The molecule has 2 nitrogen and oxygen atoms in total. The molecule has 2 rings (SSSR count). The summed E-state index contributed by atoms with van der Waals surface area (Å²) in [6.07, 6.45) is 8.82. The van der Waals surface area contributed by atoms with Crippen molar-refractivity contribution in [2.45, 2.75) is 84.3 Å². The largest absolute Gasteiger partial charge is 0.393 e. The van der Waals surface area contributed by atoms with E-state index in [4.69, 9.17) is 0 Å². The van der Waals surface area contributed by atoms with Gasteiger partial charge in [0, 0.05) is 0 Å². The molecule has 0 aliphatic heterocycles. The van der Waals surface area contributed by atoms with Crippen LogP contribution in [0.5, 0.6) is 0 Å². The summed E-state index contributed by atoms with van der Waals surface area (Å²) in [7, 11) is 0. The molecule has 2 N–H and O–H groups in total. The first kappa shape index (κ1) is 16.3. The fourth-order valence-corrected chi connectivity index (χ4v) is 4.48. The van der Waals surface area contributed by atoms with E-state index in [1.54, 1.807) is 0 Å². The fourth-order valence-electron chi connectivity index (χ4n) is 4.48.